The molecule has 1 unspecified atom stereocenters. The van der Waals surface area contributed by atoms with E-state index < -0.39 is 0 Å². The normalized spacial score (nSPS) is 16.3. The predicted octanol–water partition coefficient (Wildman–Crippen LogP) is 5.00. The molecule has 0 radical (unpaired) electrons. The Hall–Kier alpha value is -2.75. The number of ether oxygens (including phenoxy) is 1. The molecule has 25 heavy (non-hydrogen) atoms. The molecule has 0 fully saturated rings. The Morgan fingerprint density at radius 3 is 2.64 bits per heavy atom. The summed E-state index contributed by atoms with van der Waals surface area (Å²) in [6.45, 7) is 0. The molecule has 1 aliphatic rings. The van der Waals surface area contributed by atoms with Gasteiger partial charge in [0.25, 0.3) is 0 Å². The van der Waals surface area contributed by atoms with Gasteiger partial charge in [-0.25, -0.2) is 0 Å². The van der Waals surface area contributed by atoms with Crippen molar-refractivity contribution >= 4 is 5.88 Å². The molecular formula is C21H22N2O2. The summed E-state index contributed by atoms with van der Waals surface area (Å²) in [6.07, 6.45) is 3.26. The fraction of sp³-hybridized carbons (Fsp3) is 0.286. The van der Waals surface area contributed by atoms with Crippen molar-refractivity contribution in [3.05, 3.63) is 71.4 Å². The lowest BCUT2D eigenvalue weighted by molar-refractivity contribution is 0.411. The van der Waals surface area contributed by atoms with Crippen molar-refractivity contribution in [1.82, 2.24) is 5.16 Å². The summed E-state index contributed by atoms with van der Waals surface area (Å²) < 4.78 is 11.6. The molecule has 3 aromatic rings. The van der Waals surface area contributed by atoms with Crippen LogP contribution in [0, 0.1) is 0 Å². The zero-order chi connectivity index (χ0) is 17.2. The Bertz CT molecular complexity index is 855. The lowest BCUT2D eigenvalue weighted by Gasteiger charge is -2.22. The first kappa shape index (κ1) is 15.8. The van der Waals surface area contributed by atoms with Gasteiger partial charge < -0.3 is 14.2 Å². The van der Waals surface area contributed by atoms with Crippen LogP contribution in [-0.2, 0) is 6.42 Å². The number of hydrogen-bond donors (Lipinski definition) is 0. The molecule has 2 aromatic carbocycles. The van der Waals surface area contributed by atoms with E-state index in [4.69, 9.17) is 9.26 Å². The van der Waals surface area contributed by atoms with E-state index >= 15 is 0 Å². The number of fused-ring (bicyclic) bond motifs is 1. The maximum absolute atomic E-state index is 5.99. The van der Waals surface area contributed by atoms with E-state index in [9.17, 15) is 0 Å². The average Bonchev–Trinajstić information content (AvgIpc) is 3.07. The monoisotopic (exact) mass is 334 g/mol. The largest absolute Gasteiger partial charge is 0.457 e. The van der Waals surface area contributed by atoms with E-state index in [1.807, 2.05) is 55.4 Å². The maximum atomic E-state index is 5.99. The summed E-state index contributed by atoms with van der Waals surface area (Å²) in [7, 11) is 4.00. The summed E-state index contributed by atoms with van der Waals surface area (Å²) in [5, 5.41) is 4.39. The minimum atomic E-state index is 0.264. The number of para-hydroxylation sites is 1. The number of hydrogen-bond acceptors (Lipinski definition) is 4. The molecule has 0 saturated heterocycles. The van der Waals surface area contributed by atoms with E-state index in [-0.39, 0.29) is 5.92 Å². The van der Waals surface area contributed by atoms with Crippen LogP contribution in [0.5, 0.6) is 11.5 Å². The summed E-state index contributed by atoms with van der Waals surface area (Å²) in [5.41, 5.74) is 3.55. The van der Waals surface area contributed by atoms with Gasteiger partial charge in [0.15, 0.2) is 0 Å². The van der Waals surface area contributed by atoms with Crippen LogP contribution < -0.4 is 9.64 Å². The van der Waals surface area contributed by atoms with Gasteiger partial charge in [0.05, 0.1) is 5.69 Å². The van der Waals surface area contributed by atoms with Crippen LogP contribution >= 0.6 is 0 Å². The van der Waals surface area contributed by atoms with Gasteiger partial charge in [0.1, 0.15) is 11.5 Å². The standard InChI is InChI=1S/C21H22N2O2/c1-23(2)21-19-13-7-12-18(20(19)22-25-21)15-8-6-11-17(14-15)24-16-9-4-3-5-10-16/h3-6,8-11,14,18H,7,12-13H2,1-2H3. The van der Waals surface area contributed by atoms with Crippen molar-refractivity contribution in [3.63, 3.8) is 0 Å². The van der Waals surface area contributed by atoms with Crippen LogP contribution in [0.25, 0.3) is 0 Å². The van der Waals surface area contributed by atoms with Crippen LogP contribution in [0.3, 0.4) is 0 Å². The van der Waals surface area contributed by atoms with Crippen molar-refractivity contribution in [3.8, 4) is 11.5 Å². The summed E-state index contributed by atoms with van der Waals surface area (Å²) in [6, 6.07) is 18.2. The second-order valence-corrected chi connectivity index (χ2v) is 6.68. The minimum Gasteiger partial charge on any atom is -0.457 e. The fourth-order valence-corrected chi connectivity index (χ4v) is 3.54. The average molecular weight is 334 g/mol. The van der Waals surface area contributed by atoms with Gasteiger partial charge in [0, 0.05) is 25.6 Å². The van der Waals surface area contributed by atoms with E-state index in [2.05, 4.69) is 23.4 Å². The summed E-state index contributed by atoms with van der Waals surface area (Å²) in [5.74, 6) is 2.85. The molecule has 4 rings (SSSR count). The minimum absolute atomic E-state index is 0.264. The Morgan fingerprint density at radius 1 is 1.04 bits per heavy atom. The smallest absolute Gasteiger partial charge is 0.230 e. The molecular weight excluding hydrogens is 312 g/mol. The molecule has 0 aliphatic heterocycles. The highest BCUT2D eigenvalue weighted by Gasteiger charge is 2.29. The first-order valence-corrected chi connectivity index (χ1v) is 8.71. The first-order chi connectivity index (χ1) is 12.2. The first-order valence-electron chi connectivity index (χ1n) is 8.71. The number of rotatable bonds is 4. The second kappa shape index (κ2) is 6.63. The van der Waals surface area contributed by atoms with Crippen molar-refractivity contribution in [2.75, 3.05) is 19.0 Å². The van der Waals surface area contributed by atoms with Gasteiger partial charge in [-0.2, -0.15) is 0 Å². The SMILES string of the molecule is CN(C)c1onc2c1CCCC2c1cccc(Oc2ccccc2)c1. The number of nitrogens with zero attached hydrogens (tertiary/aromatic N) is 2. The molecule has 1 atom stereocenters. The van der Waals surface area contributed by atoms with Crippen LogP contribution in [-0.4, -0.2) is 19.3 Å². The molecule has 4 heteroatoms. The molecule has 1 aromatic heterocycles. The van der Waals surface area contributed by atoms with Gasteiger partial charge >= 0.3 is 0 Å². The third-order valence-electron chi connectivity index (χ3n) is 4.69. The quantitative estimate of drug-likeness (QED) is 0.673. The molecule has 0 saturated carbocycles. The van der Waals surface area contributed by atoms with Crippen molar-refractivity contribution in [2.24, 2.45) is 0 Å². The van der Waals surface area contributed by atoms with Crippen LogP contribution in [0.1, 0.15) is 35.6 Å². The Balaban J connectivity index is 1.64. The lowest BCUT2D eigenvalue weighted by atomic mass is 9.83. The Labute approximate surface area is 148 Å². The van der Waals surface area contributed by atoms with E-state index in [1.54, 1.807) is 0 Å². The van der Waals surface area contributed by atoms with Gasteiger partial charge in [-0.15, -0.1) is 0 Å². The number of anilines is 1. The van der Waals surface area contributed by atoms with Gasteiger partial charge in [0.2, 0.25) is 5.88 Å². The van der Waals surface area contributed by atoms with Crippen molar-refractivity contribution < 1.29 is 9.26 Å². The zero-order valence-electron chi connectivity index (χ0n) is 14.6. The molecule has 1 heterocycles. The third kappa shape index (κ3) is 3.12. The highest BCUT2D eigenvalue weighted by atomic mass is 16.5. The number of aromatic nitrogens is 1. The molecule has 4 nitrogen and oxygen atoms in total. The highest BCUT2D eigenvalue weighted by molar-refractivity contribution is 5.50. The van der Waals surface area contributed by atoms with Gasteiger partial charge in [-0.3, -0.25) is 0 Å². The van der Waals surface area contributed by atoms with Crippen LogP contribution in [0.4, 0.5) is 5.88 Å². The van der Waals surface area contributed by atoms with Crippen LogP contribution in [0.2, 0.25) is 0 Å². The maximum Gasteiger partial charge on any atom is 0.230 e. The molecule has 0 spiro atoms. The zero-order valence-corrected chi connectivity index (χ0v) is 14.6. The van der Waals surface area contributed by atoms with E-state index in [0.29, 0.717) is 0 Å². The topological polar surface area (TPSA) is 38.5 Å². The fourth-order valence-electron chi connectivity index (χ4n) is 3.54. The van der Waals surface area contributed by atoms with E-state index in [1.165, 1.54) is 11.1 Å². The molecule has 0 N–H and O–H groups in total. The Kier molecular flexibility index (Phi) is 4.18. The van der Waals surface area contributed by atoms with Crippen molar-refractivity contribution in [2.45, 2.75) is 25.2 Å². The molecule has 0 bridgehead atoms. The molecule has 0 amide bonds. The third-order valence-corrected chi connectivity index (χ3v) is 4.69. The molecule has 128 valence electrons. The lowest BCUT2D eigenvalue weighted by Crippen LogP contribution is -2.14. The van der Waals surface area contributed by atoms with E-state index in [0.717, 1.165) is 42.3 Å². The van der Waals surface area contributed by atoms with Gasteiger partial charge in [-0.05, 0) is 49.1 Å². The molecule has 1 aliphatic carbocycles. The van der Waals surface area contributed by atoms with Gasteiger partial charge in [-0.1, -0.05) is 35.5 Å². The summed E-state index contributed by atoms with van der Waals surface area (Å²) in [4.78, 5) is 2.00. The Morgan fingerprint density at radius 2 is 1.84 bits per heavy atom. The van der Waals surface area contributed by atoms with Crippen LogP contribution in [0.15, 0.2) is 59.1 Å². The second-order valence-electron chi connectivity index (χ2n) is 6.68. The number of benzene rings is 2. The van der Waals surface area contributed by atoms with Crippen molar-refractivity contribution in [1.29, 1.82) is 0 Å². The predicted molar refractivity (Wildman–Crippen MR) is 98.6 cm³/mol. The summed E-state index contributed by atoms with van der Waals surface area (Å²) >= 11 is 0. The highest BCUT2D eigenvalue weighted by Crippen LogP contribution is 2.40.